The summed E-state index contributed by atoms with van der Waals surface area (Å²) in [6, 6.07) is 18.7. The molecule has 152 valence electrons. The molecule has 30 heavy (non-hydrogen) atoms. The van der Waals surface area contributed by atoms with Crippen molar-refractivity contribution in [1.82, 2.24) is 0 Å². The zero-order valence-electron chi connectivity index (χ0n) is 16.7. The zero-order chi connectivity index (χ0) is 21.3. The number of hydrogen-bond acceptors (Lipinski definition) is 3. The van der Waals surface area contributed by atoms with Crippen molar-refractivity contribution >= 4 is 23.2 Å². The van der Waals surface area contributed by atoms with Crippen LogP contribution in [-0.2, 0) is 11.3 Å². The van der Waals surface area contributed by atoms with Crippen LogP contribution in [0.1, 0.15) is 28.4 Å². The number of nitrogens with one attached hydrogen (secondary N) is 1. The van der Waals surface area contributed by atoms with Crippen LogP contribution < -0.4 is 15.0 Å². The number of benzene rings is 3. The molecule has 3 aromatic rings. The van der Waals surface area contributed by atoms with E-state index in [4.69, 9.17) is 4.74 Å². The molecule has 3 aromatic carbocycles. The third-order valence-corrected chi connectivity index (χ3v) is 5.13. The fraction of sp³-hybridized carbons (Fsp3) is 0.167. The second kappa shape index (κ2) is 7.99. The van der Waals surface area contributed by atoms with Gasteiger partial charge in [-0.2, -0.15) is 0 Å². The van der Waals surface area contributed by atoms with Crippen molar-refractivity contribution in [3.63, 3.8) is 0 Å². The number of carbonyl (C=O) groups is 2. The Kier molecular flexibility index (Phi) is 5.23. The summed E-state index contributed by atoms with van der Waals surface area (Å²) >= 11 is 0. The summed E-state index contributed by atoms with van der Waals surface area (Å²) in [5.74, 6) is -0.765. The van der Waals surface area contributed by atoms with Crippen LogP contribution >= 0.6 is 0 Å². The predicted molar refractivity (Wildman–Crippen MR) is 113 cm³/mol. The van der Waals surface area contributed by atoms with Gasteiger partial charge in [-0.15, -0.1) is 0 Å². The van der Waals surface area contributed by atoms with Crippen LogP contribution in [0.15, 0.2) is 66.7 Å². The molecule has 1 atom stereocenters. The SMILES string of the molecule is Cc1ccccc1CN1C(=O)C(C)Oc2ccc(NC(=O)c3ccccc3F)cc21. The molecule has 0 aliphatic carbocycles. The lowest BCUT2D eigenvalue weighted by Gasteiger charge is -2.33. The normalized spacial score (nSPS) is 15.4. The van der Waals surface area contributed by atoms with Crippen LogP contribution in [0.5, 0.6) is 5.75 Å². The first-order valence-electron chi connectivity index (χ1n) is 9.66. The Balaban J connectivity index is 1.66. The summed E-state index contributed by atoms with van der Waals surface area (Å²) in [7, 11) is 0. The lowest BCUT2D eigenvalue weighted by Crippen LogP contribution is -2.44. The number of fused-ring (bicyclic) bond motifs is 1. The molecule has 1 aliphatic heterocycles. The molecule has 2 amide bonds. The molecule has 0 spiro atoms. The second-order valence-electron chi connectivity index (χ2n) is 7.23. The molecule has 1 unspecified atom stereocenters. The Bertz CT molecular complexity index is 1130. The van der Waals surface area contributed by atoms with E-state index in [2.05, 4.69) is 5.32 Å². The van der Waals surface area contributed by atoms with E-state index < -0.39 is 17.8 Å². The first-order valence-corrected chi connectivity index (χ1v) is 9.66. The number of halogens is 1. The van der Waals surface area contributed by atoms with Gasteiger partial charge < -0.3 is 15.0 Å². The van der Waals surface area contributed by atoms with Crippen molar-refractivity contribution < 1.29 is 18.7 Å². The molecule has 0 aromatic heterocycles. The van der Waals surface area contributed by atoms with Gasteiger partial charge in [-0.1, -0.05) is 36.4 Å². The number of rotatable bonds is 4. The summed E-state index contributed by atoms with van der Waals surface area (Å²) in [5, 5.41) is 2.70. The molecule has 0 radical (unpaired) electrons. The van der Waals surface area contributed by atoms with E-state index in [0.29, 0.717) is 23.7 Å². The van der Waals surface area contributed by atoms with Gasteiger partial charge in [-0.05, 0) is 55.3 Å². The highest BCUT2D eigenvalue weighted by Gasteiger charge is 2.32. The van der Waals surface area contributed by atoms with Gasteiger partial charge in [-0.3, -0.25) is 9.59 Å². The fourth-order valence-corrected chi connectivity index (χ4v) is 3.45. The number of aryl methyl sites for hydroxylation is 1. The molecule has 1 N–H and O–H groups in total. The van der Waals surface area contributed by atoms with Gasteiger partial charge in [0.25, 0.3) is 11.8 Å². The van der Waals surface area contributed by atoms with Crippen molar-refractivity contribution in [3.8, 4) is 5.75 Å². The molecule has 0 saturated heterocycles. The Morgan fingerprint density at radius 1 is 1.10 bits per heavy atom. The average Bonchev–Trinajstić information content (AvgIpc) is 2.73. The number of ether oxygens (including phenoxy) is 1. The van der Waals surface area contributed by atoms with Crippen LogP contribution in [0.3, 0.4) is 0 Å². The number of nitrogens with zero attached hydrogens (tertiary/aromatic N) is 1. The second-order valence-corrected chi connectivity index (χ2v) is 7.23. The number of amides is 2. The minimum absolute atomic E-state index is 0.0482. The summed E-state index contributed by atoms with van der Waals surface area (Å²) in [6.45, 7) is 4.09. The third kappa shape index (κ3) is 3.76. The van der Waals surface area contributed by atoms with E-state index in [0.717, 1.165) is 11.1 Å². The lowest BCUT2D eigenvalue weighted by atomic mass is 10.1. The van der Waals surface area contributed by atoms with Crippen molar-refractivity contribution in [3.05, 3.63) is 89.2 Å². The molecular formula is C24H21FN2O3. The first-order chi connectivity index (χ1) is 14.4. The van der Waals surface area contributed by atoms with E-state index in [9.17, 15) is 14.0 Å². The molecule has 1 aliphatic rings. The highest BCUT2D eigenvalue weighted by Crippen LogP contribution is 2.37. The van der Waals surface area contributed by atoms with Crippen molar-refractivity contribution in [2.45, 2.75) is 26.5 Å². The molecule has 0 bridgehead atoms. The average molecular weight is 404 g/mol. The Labute approximate surface area is 174 Å². The maximum atomic E-state index is 13.9. The Morgan fingerprint density at radius 3 is 2.60 bits per heavy atom. The monoisotopic (exact) mass is 404 g/mol. The summed E-state index contributed by atoms with van der Waals surface area (Å²) < 4.78 is 19.7. The predicted octanol–water partition coefficient (Wildman–Crippen LogP) is 4.70. The van der Waals surface area contributed by atoms with E-state index >= 15 is 0 Å². The van der Waals surface area contributed by atoms with Gasteiger partial charge in [0.15, 0.2) is 6.10 Å². The number of carbonyl (C=O) groups excluding carboxylic acids is 2. The first kappa shape index (κ1) is 19.6. The zero-order valence-corrected chi connectivity index (χ0v) is 16.7. The van der Waals surface area contributed by atoms with Crippen LogP contribution in [0, 0.1) is 12.7 Å². The smallest absolute Gasteiger partial charge is 0.268 e. The molecule has 5 nitrogen and oxygen atoms in total. The summed E-state index contributed by atoms with van der Waals surface area (Å²) in [6.07, 6.45) is -0.611. The highest BCUT2D eigenvalue weighted by molar-refractivity contribution is 6.05. The van der Waals surface area contributed by atoms with Crippen molar-refractivity contribution in [2.24, 2.45) is 0 Å². The molecule has 0 saturated carbocycles. The molecule has 1 heterocycles. The lowest BCUT2D eigenvalue weighted by molar-refractivity contribution is -0.125. The van der Waals surface area contributed by atoms with Crippen LogP contribution in [0.2, 0.25) is 0 Å². The fourth-order valence-electron chi connectivity index (χ4n) is 3.45. The summed E-state index contributed by atoms with van der Waals surface area (Å²) in [5.41, 5.74) is 3.06. The minimum atomic E-state index is -0.611. The Morgan fingerprint density at radius 2 is 1.83 bits per heavy atom. The topological polar surface area (TPSA) is 58.6 Å². The van der Waals surface area contributed by atoms with Crippen LogP contribution in [0.4, 0.5) is 15.8 Å². The van der Waals surface area contributed by atoms with Gasteiger partial charge >= 0.3 is 0 Å². The van der Waals surface area contributed by atoms with Crippen molar-refractivity contribution in [1.29, 1.82) is 0 Å². The number of hydrogen-bond donors (Lipinski definition) is 1. The molecular weight excluding hydrogens is 383 g/mol. The standard InChI is InChI=1S/C24H21FN2O3/c1-15-7-3-4-8-17(15)14-27-21-13-18(11-12-22(21)30-16(2)24(27)29)26-23(28)19-9-5-6-10-20(19)25/h3-13,16H,14H2,1-2H3,(H,26,28). The van der Waals surface area contributed by atoms with Gasteiger partial charge in [0.05, 0.1) is 17.8 Å². The molecule has 6 heteroatoms. The van der Waals surface area contributed by atoms with E-state index in [1.807, 2.05) is 31.2 Å². The van der Waals surface area contributed by atoms with Gasteiger partial charge in [0.1, 0.15) is 11.6 Å². The third-order valence-electron chi connectivity index (χ3n) is 5.13. The van der Waals surface area contributed by atoms with Gasteiger partial charge in [0.2, 0.25) is 0 Å². The van der Waals surface area contributed by atoms with Crippen LogP contribution in [-0.4, -0.2) is 17.9 Å². The highest BCUT2D eigenvalue weighted by atomic mass is 19.1. The minimum Gasteiger partial charge on any atom is -0.479 e. The van der Waals surface area contributed by atoms with Gasteiger partial charge in [-0.25, -0.2) is 4.39 Å². The van der Waals surface area contributed by atoms with Crippen LogP contribution in [0.25, 0.3) is 0 Å². The largest absolute Gasteiger partial charge is 0.479 e. The maximum Gasteiger partial charge on any atom is 0.268 e. The molecule has 0 fully saturated rings. The molecule has 4 rings (SSSR count). The number of anilines is 2. The van der Waals surface area contributed by atoms with Gasteiger partial charge in [0, 0.05) is 5.69 Å². The maximum absolute atomic E-state index is 13.9. The van der Waals surface area contributed by atoms with E-state index in [1.54, 1.807) is 36.1 Å². The quantitative estimate of drug-likeness (QED) is 0.686. The van der Waals surface area contributed by atoms with E-state index in [-0.39, 0.29) is 11.5 Å². The summed E-state index contributed by atoms with van der Waals surface area (Å²) in [4.78, 5) is 27.0. The van der Waals surface area contributed by atoms with Crippen molar-refractivity contribution in [2.75, 3.05) is 10.2 Å². The Hall–Kier alpha value is -3.67. The van der Waals surface area contributed by atoms with E-state index in [1.165, 1.54) is 18.2 Å².